The fraction of sp³-hybridized carbons (Fsp3) is 0.600. The highest BCUT2D eigenvalue weighted by Gasteiger charge is 2.18. The Hall–Kier alpha value is -0.910. The van der Waals surface area contributed by atoms with Crippen molar-refractivity contribution in [1.82, 2.24) is 10.0 Å². The molecule has 0 heterocycles. The fourth-order valence-electron chi connectivity index (χ4n) is 1.69. The molecule has 114 valence electrons. The van der Waals surface area contributed by atoms with Gasteiger partial charge in [-0.25, -0.2) is 13.1 Å². The fourth-order valence-corrected chi connectivity index (χ4v) is 3.09. The second-order valence-corrected chi connectivity index (χ2v) is 7.12. The first kappa shape index (κ1) is 17.1. The Balaban J connectivity index is 2.71. The molecule has 0 saturated heterocycles. The van der Waals surface area contributed by atoms with E-state index >= 15 is 0 Å². The van der Waals surface area contributed by atoms with E-state index in [2.05, 4.69) is 17.0 Å². The van der Waals surface area contributed by atoms with E-state index in [4.69, 9.17) is 0 Å². The van der Waals surface area contributed by atoms with Crippen LogP contribution in [0.1, 0.15) is 33.3 Å². The molecule has 0 bridgehead atoms. The standard InChI is InChI=1S/C15H26N2O2S/c1-5-16-11-10-14-6-8-15(9-7-14)20(18,19)17-13(4)12(2)3/h6-9,12-13,16-17H,5,10-11H2,1-4H3. The Morgan fingerprint density at radius 2 is 1.70 bits per heavy atom. The quantitative estimate of drug-likeness (QED) is 0.723. The van der Waals surface area contributed by atoms with Crippen molar-refractivity contribution < 1.29 is 8.42 Å². The highest BCUT2D eigenvalue weighted by atomic mass is 32.2. The predicted octanol–water partition coefficient (Wildman–Crippen LogP) is 2.16. The normalized spacial score (nSPS) is 13.7. The lowest BCUT2D eigenvalue weighted by atomic mass is 10.1. The zero-order valence-corrected chi connectivity index (χ0v) is 13.6. The number of benzene rings is 1. The Labute approximate surface area is 123 Å². The van der Waals surface area contributed by atoms with Crippen LogP contribution in [-0.4, -0.2) is 27.5 Å². The molecule has 0 amide bonds. The number of hydrogen-bond donors (Lipinski definition) is 2. The van der Waals surface area contributed by atoms with Crippen molar-refractivity contribution in [3.63, 3.8) is 0 Å². The molecule has 20 heavy (non-hydrogen) atoms. The van der Waals surface area contributed by atoms with Crippen molar-refractivity contribution in [2.24, 2.45) is 5.92 Å². The Morgan fingerprint density at radius 1 is 1.10 bits per heavy atom. The molecule has 0 saturated carbocycles. The lowest BCUT2D eigenvalue weighted by Gasteiger charge is -2.17. The van der Waals surface area contributed by atoms with E-state index in [0.717, 1.165) is 25.1 Å². The van der Waals surface area contributed by atoms with Crippen LogP contribution in [0.25, 0.3) is 0 Å². The van der Waals surface area contributed by atoms with Crippen LogP contribution in [0.3, 0.4) is 0 Å². The molecule has 0 aliphatic carbocycles. The van der Waals surface area contributed by atoms with Gasteiger partial charge >= 0.3 is 0 Å². The summed E-state index contributed by atoms with van der Waals surface area (Å²) in [6.07, 6.45) is 0.907. The van der Waals surface area contributed by atoms with Gasteiger partial charge in [-0.3, -0.25) is 0 Å². The van der Waals surface area contributed by atoms with Crippen molar-refractivity contribution in [1.29, 1.82) is 0 Å². The largest absolute Gasteiger partial charge is 0.317 e. The molecule has 1 aromatic rings. The predicted molar refractivity (Wildman–Crippen MR) is 83.3 cm³/mol. The highest BCUT2D eigenvalue weighted by Crippen LogP contribution is 2.13. The van der Waals surface area contributed by atoms with Crippen molar-refractivity contribution in [3.05, 3.63) is 29.8 Å². The summed E-state index contributed by atoms with van der Waals surface area (Å²) in [7, 11) is -3.41. The van der Waals surface area contributed by atoms with Gasteiger partial charge in [0.2, 0.25) is 10.0 Å². The number of sulfonamides is 1. The second-order valence-electron chi connectivity index (χ2n) is 5.40. The van der Waals surface area contributed by atoms with Crippen LogP contribution < -0.4 is 10.0 Å². The van der Waals surface area contributed by atoms with Crippen molar-refractivity contribution in [2.45, 2.75) is 45.1 Å². The minimum absolute atomic E-state index is 0.0755. The lowest BCUT2D eigenvalue weighted by Crippen LogP contribution is -2.36. The zero-order valence-electron chi connectivity index (χ0n) is 12.8. The van der Waals surface area contributed by atoms with E-state index in [1.807, 2.05) is 32.9 Å². The highest BCUT2D eigenvalue weighted by molar-refractivity contribution is 7.89. The molecule has 0 aliphatic heterocycles. The smallest absolute Gasteiger partial charge is 0.240 e. The van der Waals surface area contributed by atoms with Crippen molar-refractivity contribution in [3.8, 4) is 0 Å². The maximum Gasteiger partial charge on any atom is 0.240 e. The van der Waals surface area contributed by atoms with E-state index < -0.39 is 10.0 Å². The lowest BCUT2D eigenvalue weighted by molar-refractivity contribution is 0.476. The summed E-state index contributed by atoms with van der Waals surface area (Å²) in [6.45, 7) is 9.80. The topological polar surface area (TPSA) is 58.2 Å². The van der Waals surface area contributed by atoms with Crippen LogP contribution in [0.2, 0.25) is 0 Å². The Morgan fingerprint density at radius 3 is 2.20 bits per heavy atom. The summed E-state index contributed by atoms with van der Waals surface area (Å²) in [4.78, 5) is 0.331. The number of hydrogen-bond acceptors (Lipinski definition) is 3. The van der Waals surface area contributed by atoms with Gasteiger partial charge in [0, 0.05) is 6.04 Å². The molecule has 1 aromatic carbocycles. The van der Waals surface area contributed by atoms with E-state index in [1.54, 1.807) is 12.1 Å². The van der Waals surface area contributed by atoms with Gasteiger partial charge in [-0.2, -0.15) is 0 Å². The molecule has 0 aliphatic rings. The van der Waals surface area contributed by atoms with Gasteiger partial charge in [0.05, 0.1) is 4.90 Å². The molecule has 2 N–H and O–H groups in total. The summed E-state index contributed by atoms with van der Waals surface area (Å²) in [6, 6.07) is 7.04. The summed E-state index contributed by atoms with van der Waals surface area (Å²) < 4.78 is 27.1. The third kappa shape index (κ3) is 5.23. The summed E-state index contributed by atoms with van der Waals surface area (Å²) in [5, 5.41) is 3.25. The molecule has 1 unspecified atom stereocenters. The van der Waals surface area contributed by atoms with Crippen LogP contribution in [-0.2, 0) is 16.4 Å². The van der Waals surface area contributed by atoms with Crippen LogP contribution >= 0.6 is 0 Å². The van der Waals surface area contributed by atoms with Crippen LogP contribution in [0.5, 0.6) is 0 Å². The molecule has 0 aromatic heterocycles. The maximum atomic E-state index is 12.2. The minimum Gasteiger partial charge on any atom is -0.317 e. The van der Waals surface area contributed by atoms with Crippen molar-refractivity contribution >= 4 is 10.0 Å². The number of rotatable bonds is 8. The summed E-state index contributed by atoms with van der Waals surface area (Å²) in [5.74, 6) is 0.268. The molecular formula is C15H26N2O2S. The summed E-state index contributed by atoms with van der Waals surface area (Å²) in [5.41, 5.74) is 1.14. The molecule has 0 spiro atoms. The van der Waals surface area contributed by atoms with Gasteiger partial charge in [-0.05, 0) is 50.0 Å². The first-order chi connectivity index (χ1) is 9.36. The van der Waals surface area contributed by atoms with Gasteiger partial charge in [0.25, 0.3) is 0 Å². The van der Waals surface area contributed by atoms with E-state index in [9.17, 15) is 8.42 Å². The zero-order chi connectivity index (χ0) is 15.2. The Bertz CT molecular complexity index is 495. The third-order valence-corrected chi connectivity index (χ3v) is 4.99. The van der Waals surface area contributed by atoms with Gasteiger partial charge in [0.15, 0.2) is 0 Å². The van der Waals surface area contributed by atoms with Gasteiger partial charge in [-0.15, -0.1) is 0 Å². The molecule has 0 radical (unpaired) electrons. The summed E-state index contributed by atoms with van der Waals surface area (Å²) >= 11 is 0. The minimum atomic E-state index is -3.41. The van der Waals surface area contributed by atoms with Crippen LogP contribution in [0, 0.1) is 5.92 Å². The second kappa shape index (κ2) is 7.76. The van der Waals surface area contributed by atoms with Crippen LogP contribution in [0.15, 0.2) is 29.2 Å². The average Bonchev–Trinajstić information content (AvgIpc) is 2.39. The average molecular weight is 298 g/mol. The van der Waals surface area contributed by atoms with E-state index in [0.29, 0.717) is 4.90 Å². The molecule has 0 fully saturated rings. The molecule has 4 nitrogen and oxygen atoms in total. The van der Waals surface area contributed by atoms with Gasteiger partial charge in [-0.1, -0.05) is 32.9 Å². The van der Waals surface area contributed by atoms with Crippen LogP contribution in [0.4, 0.5) is 0 Å². The van der Waals surface area contributed by atoms with E-state index in [1.165, 1.54) is 0 Å². The van der Waals surface area contributed by atoms with Gasteiger partial charge in [0.1, 0.15) is 0 Å². The molecule has 1 rings (SSSR count). The first-order valence-electron chi connectivity index (χ1n) is 7.18. The van der Waals surface area contributed by atoms with E-state index in [-0.39, 0.29) is 12.0 Å². The third-order valence-electron chi connectivity index (χ3n) is 3.42. The molecule has 5 heteroatoms. The number of likely N-dealkylation sites (N-methyl/N-ethyl adjacent to an activating group) is 1. The molecular weight excluding hydrogens is 272 g/mol. The maximum absolute atomic E-state index is 12.2. The Kier molecular flexibility index (Phi) is 6.65. The number of nitrogens with one attached hydrogen (secondary N) is 2. The SMILES string of the molecule is CCNCCc1ccc(S(=O)(=O)NC(C)C(C)C)cc1. The molecule has 1 atom stereocenters. The first-order valence-corrected chi connectivity index (χ1v) is 8.67. The monoisotopic (exact) mass is 298 g/mol. The van der Waals surface area contributed by atoms with Crippen molar-refractivity contribution in [2.75, 3.05) is 13.1 Å². The van der Waals surface area contributed by atoms with Gasteiger partial charge < -0.3 is 5.32 Å².